The first-order chi connectivity index (χ1) is 11.2. The number of rotatable bonds is 5. The Balaban J connectivity index is 2.14. The van der Waals surface area contributed by atoms with Crippen molar-refractivity contribution >= 4 is 11.9 Å². The first-order valence-electron chi connectivity index (χ1n) is 7.35. The fraction of sp³-hybridized carbons (Fsp3) is 0.500. The number of hydrogen-bond acceptors (Lipinski definition) is 3. The average molecular weight is 345 g/mol. The summed E-state index contributed by atoms with van der Waals surface area (Å²) in [6.45, 7) is 0.0666. The summed E-state index contributed by atoms with van der Waals surface area (Å²) < 4.78 is 43.9. The second kappa shape index (κ2) is 6.80. The number of halogens is 3. The number of likely N-dealkylation sites (tertiary alicyclic amines) is 1. The fourth-order valence-electron chi connectivity index (χ4n) is 2.94. The molecule has 1 aromatic carbocycles. The van der Waals surface area contributed by atoms with Gasteiger partial charge in [0.2, 0.25) is 5.91 Å². The Hall–Kier alpha value is -2.09. The maximum atomic E-state index is 13.0. The van der Waals surface area contributed by atoms with Crippen LogP contribution in [-0.2, 0) is 26.9 Å². The number of aliphatic carboxylic acids is 1. The molecule has 1 saturated heterocycles. The van der Waals surface area contributed by atoms with Crippen molar-refractivity contribution in [2.75, 3.05) is 26.8 Å². The van der Waals surface area contributed by atoms with Crippen molar-refractivity contribution in [1.29, 1.82) is 0 Å². The van der Waals surface area contributed by atoms with E-state index in [1.807, 2.05) is 0 Å². The molecule has 1 atom stereocenters. The van der Waals surface area contributed by atoms with Crippen LogP contribution in [0.4, 0.5) is 13.2 Å². The third kappa shape index (κ3) is 3.69. The third-order valence-electron chi connectivity index (χ3n) is 4.25. The van der Waals surface area contributed by atoms with Crippen molar-refractivity contribution in [2.45, 2.75) is 19.0 Å². The topological polar surface area (TPSA) is 66.8 Å². The number of carboxylic acid groups (broad SMARTS) is 1. The van der Waals surface area contributed by atoms with Crippen molar-refractivity contribution in [3.63, 3.8) is 0 Å². The van der Waals surface area contributed by atoms with Crippen molar-refractivity contribution in [3.8, 4) is 0 Å². The summed E-state index contributed by atoms with van der Waals surface area (Å²) in [6.07, 6.45) is -4.75. The molecule has 0 bridgehead atoms. The molecule has 5 nitrogen and oxygen atoms in total. The summed E-state index contributed by atoms with van der Waals surface area (Å²) in [4.78, 5) is 25.1. The molecular weight excluding hydrogens is 327 g/mol. The van der Waals surface area contributed by atoms with E-state index >= 15 is 0 Å². The van der Waals surface area contributed by atoms with E-state index in [1.165, 1.54) is 30.2 Å². The molecule has 1 aromatic rings. The lowest BCUT2D eigenvalue weighted by molar-refractivity contribution is -0.151. The van der Waals surface area contributed by atoms with Crippen LogP contribution in [0.25, 0.3) is 0 Å². The summed E-state index contributed by atoms with van der Waals surface area (Å²) in [7, 11) is 1.37. The normalized spacial score (nSPS) is 21.1. The Morgan fingerprint density at radius 2 is 2.00 bits per heavy atom. The molecule has 0 saturated carbocycles. The summed E-state index contributed by atoms with van der Waals surface area (Å²) in [6, 6.07) is 4.89. The molecule has 0 spiro atoms. The maximum Gasteiger partial charge on any atom is 0.416 e. The number of amides is 1. The molecule has 8 heteroatoms. The fourth-order valence-corrected chi connectivity index (χ4v) is 2.94. The van der Waals surface area contributed by atoms with E-state index in [4.69, 9.17) is 4.74 Å². The highest BCUT2D eigenvalue weighted by molar-refractivity contribution is 5.82. The largest absolute Gasteiger partial charge is 0.481 e. The Labute approximate surface area is 137 Å². The van der Waals surface area contributed by atoms with Gasteiger partial charge in [0.1, 0.15) is 5.41 Å². The van der Waals surface area contributed by atoms with Gasteiger partial charge in [-0.05, 0) is 18.1 Å². The van der Waals surface area contributed by atoms with Gasteiger partial charge in [0, 0.05) is 20.2 Å². The number of carbonyl (C=O) groups excluding carboxylic acids is 1. The number of hydrogen-bond donors (Lipinski definition) is 1. The molecule has 1 amide bonds. The number of ether oxygens (including phenoxy) is 1. The van der Waals surface area contributed by atoms with Crippen molar-refractivity contribution in [1.82, 2.24) is 4.90 Å². The smallest absolute Gasteiger partial charge is 0.416 e. The molecule has 0 aliphatic carbocycles. The van der Waals surface area contributed by atoms with Gasteiger partial charge >= 0.3 is 12.1 Å². The molecule has 0 radical (unpaired) electrons. The highest BCUT2D eigenvalue weighted by Gasteiger charge is 2.46. The quantitative estimate of drug-likeness (QED) is 0.888. The molecule has 132 valence electrons. The van der Waals surface area contributed by atoms with Crippen LogP contribution in [0.1, 0.15) is 17.5 Å². The first kappa shape index (κ1) is 18.3. The van der Waals surface area contributed by atoms with Crippen molar-refractivity contribution in [3.05, 3.63) is 35.4 Å². The Bertz CT molecular complexity index is 632. The first-order valence-corrected chi connectivity index (χ1v) is 7.35. The summed E-state index contributed by atoms with van der Waals surface area (Å²) in [5.74, 6) is -1.60. The third-order valence-corrected chi connectivity index (χ3v) is 4.25. The van der Waals surface area contributed by atoms with Gasteiger partial charge in [-0.15, -0.1) is 0 Å². The number of alkyl halides is 3. The van der Waals surface area contributed by atoms with Crippen LogP contribution in [-0.4, -0.2) is 48.7 Å². The summed E-state index contributed by atoms with van der Waals surface area (Å²) >= 11 is 0. The number of benzene rings is 1. The summed E-state index contributed by atoms with van der Waals surface area (Å²) in [5.41, 5.74) is -2.16. The molecule has 1 aliphatic heterocycles. The highest BCUT2D eigenvalue weighted by Crippen LogP contribution is 2.34. The zero-order valence-corrected chi connectivity index (χ0v) is 13.1. The number of carboxylic acids is 1. The van der Waals surface area contributed by atoms with E-state index in [-0.39, 0.29) is 31.7 Å². The van der Waals surface area contributed by atoms with Gasteiger partial charge in [-0.25, -0.2) is 0 Å². The van der Waals surface area contributed by atoms with Crippen LogP contribution in [0.2, 0.25) is 0 Å². The van der Waals surface area contributed by atoms with E-state index in [9.17, 15) is 27.9 Å². The minimum Gasteiger partial charge on any atom is -0.481 e. The zero-order valence-electron chi connectivity index (χ0n) is 13.1. The number of methoxy groups -OCH3 is 1. The Morgan fingerprint density at radius 3 is 2.58 bits per heavy atom. The maximum absolute atomic E-state index is 13.0. The van der Waals surface area contributed by atoms with E-state index in [1.54, 1.807) is 0 Å². The van der Waals surface area contributed by atoms with E-state index in [0.29, 0.717) is 0 Å². The van der Waals surface area contributed by atoms with Crippen LogP contribution in [0.5, 0.6) is 0 Å². The number of nitrogens with zero attached hydrogens (tertiary/aromatic N) is 1. The summed E-state index contributed by atoms with van der Waals surface area (Å²) in [5, 5.41) is 9.37. The minimum absolute atomic E-state index is 0.0503. The minimum atomic E-state index is -4.54. The van der Waals surface area contributed by atoms with Gasteiger partial charge in [-0.1, -0.05) is 18.2 Å². The standard InChI is InChI=1S/C16H18F3NO4/c1-24-10-15(14(22)23)6-7-20(9-15)13(21)8-11-4-2-3-5-12(11)16(17,18)19/h2-5H,6-10H2,1H3,(H,22,23). The van der Waals surface area contributed by atoms with Gasteiger partial charge in [0.25, 0.3) is 0 Å². The van der Waals surface area contributed by atoms with Gasteiger partial charge in [-0.3, -0.25) is 9.59 Å². The number of carbonyl (C=O) groups is 2. The van der Waals surface area contributed by atoms with Gasteiger partial charge in [0.15, 0.2) is 0 Å². The average Bonchev–Trinajstić information content (AvgIpc) is 2.93. The SMILES string of the molecule is COCC1(C(=O)O)CCN(C(=O)Cc2ccccc2C(F)(F)F)C1. The Morgan fingerprint density at radius 1 is 1.33 bits per heavy atom. The van der Waals surface area contributed by atoms with Gasteiger partial charge < -0.3 is 14.7 Å². The molecule has 1 fully saturated rings. The molecule has 1 heterocycles. The van der Waals surface area contributed by atoms with Crippen LogP contribution in [0.15, 0.2) is 24.3 Å². The van der Waals surface area contributed by atoms with Gasteiger partial charge in [0.05, 0.1) is 18.6 Å². The monoisotopic (exact) mass is 345 g/mol. The highest BCUT2D eigenvalue weighted by atomic mass is 19.4. The van der Waals surface area contributed by atoms with Crippen LogP contribution in [0.3, 0.4) is 0 Å². The lowest BCUT2D eigenvalue weighted by atomic mass is 9.88. The van der Waals surface area contributed by atoms with E-state index in [0.717, 1.165) is 6.07 Å². The van der Waals surface area contributed by atoms with Crippen molar-refractivity contribution < 1.29 is 32.6 Å². The van der Waals surface area contributed by atoms with Crippen LogP contribution >= 0.6 is 0 Å². The van der Waals surface area contributed by atoms with E-state index < -0.39 is 35.5 Å². The Kier molecular flexibility index (Phi) is 5.17. The second-order valence-electron chi connectivity index (χ2n) is 5.92. The van der Waals surface area contributed by atoms with E-state index in [2.05, 4.69) is 0 Å². The van der Waals surface area contributed by atoms with Crippen molar-refractivity contribution in [2.24, 2.45) is 5.41 Å². The van der Waals surface area contributed by atoms with Crippen LogP contribution < -0.4 is 0 Å². The lowest BCUT2D eigenvalue weighted by Crippen LogP contribution is -2.40. The lowest BCUT2D eigenvalue weighted by Gasteiger charge is -2.24. The van der Waals surface area contributed by atoms with Gasteiger partial charge in [-0.2, -0.15) is 13.2 Å². The predicted molar refractivity (Wildman–Crippen MR) is 78.3 cm³/mol. The molecule has 24 heavy (non-hydrogen) atoms. The zero-order chi connectivity index (χ0) is 18.0. The molecular formula is C16H18F3NO4. The molecule has 2 rings (SSSR count). The predicted octanol–water partition coefficient (Wildman–Crippen LogP) is 2.20. The molecule has 0 aromatic heterocycles. The van der Waals surface area contributed by atoms with Crippen LogP contribution in [0, 0.1) is 5.41 Å². The molecule has 1 N–H and O–H groups in total. The molecule has 1 unspecified atom stereocenters. The molecule has 1 aliphatic rings. The second-order valence-corrected chi connectivity index (χ2v) is 5.92.